The van der Waals surface area contributed by atoms with Gasteiger partial charge in [0.2, 0.25) is 0 Å². The maximum atomic E-state index is 11.7. The van der Waals surface area contributed by atoms with Crippen molar-refractivity contribution < 1.29 is 19.6 Å². The van der Waals surface area contributed by atoms with Gasteiger partial charge in [-0.3, -0.25) is 10.1 Å². The molecule has 0 aliphatic rings. The Morgan fingerprint density at radius 1 is 1.32 bits per heavy atom. The molecule has 0 aliphatic heterocycles. The molecular formula is C13H18ClN2O3+. The van der Waals surface area contributed by atoms with Gasteiger partial charge in [-0.2, -0.15) is 0 Å². The van der Waals surface area contributed by atoms with E-state index in [1.165, 1.54) is 7.11 Å². The lowest BCUT2D eigenvalue weighted by Crippen LogP contribution is -2.92. The molecule has 0 spiro atoms. The smallest absolute Gasteiger partial charge is 0.413 e. The fraction of sp³-hybridized carbons (Fsp3) is 0.385. The van der Waals surface area contributed by atoms with Crippen molar-refractivity contribution in [1.29, 1.82) is 0 Å². The summed E-state index contributed by atoms with van der Waals surface area (Å²) in [6.07, 6.45) is -0.754. The zero-order valence-corrected chi connectivity index (χ0v) is 11.9. The first-order valence-corrected chi connectivity index (χ1v) is 6.31. The highest BCUT2D eigenvalue weighted by molar-refractivity contribution is 6.31. The minimum Gasteiger partial charge on any atom is -0.453 e. The molecule has 6 heteroatoms. The highest BCUT2D eigenvalue weighted by Crippen LogP contribution is 2.19. The van der Waals surface area contributed by atoms with Gasteiger partial charge in [-0.15, -0.1) is 0 Å². The van der Waals surface area contributed by atoms with Crippen LogP contribution < -0.4 is 10.6 Å². The zero-order valence-electron chi connectivity index (χ0n) is 11.1. The first-order valence-electron chi connectivity index (χ1n) is 5.94. The molecule has 0 saturated heterocycles. The summed E-state index contributed by atoms with van der Waals surface area (Å²) in [5.74, 6) is -0.397. The highest BCUT2D eigenvalue weighted by Gasteiger charge is 2.23. The van der Waals surface area contributed by atoms with Crippen LogP contribution in [0.2, 0.25) is 5.02 Å². The standard InChI is InChI=1S/C13H17ClN2O3/c1-8(10-6-4-5-7-11(10)14)15-9(2)12(17)16-13(18)19-3/h4-9,15H,1-3H3,(H,16,17,18)/p+1/t8-,9+/m1/s1. The number of hydrogen-bond acceptors (Lipinski definition) is 3. The van der Waals surface area contributed by atoms with Crippen molar-refractivity contribution >= 4 is 23.6 Å². The Balaban J connectivity index is 2.62. The molecule has 2 amide bonds. The number of imide groups is 1. The van der Waals surface area contributed by atoms with E-state index in [9.17, 15) is 9.59 Å². The molecule has 0 heterocycles. The number of nitrogens with two attached hydrogens (primary N) is 1. The molecule has 2 atom stereocenters. The second-order valence-electron chi connectivity index (χ2n) is 4.27. The molecule has 104 valence electrons. The lowest BCUT2D eigenvalue weighted by molar-refractivity contribution is -0.710. The number of alkyl carbamates (subject to hydrolysis) is 1. The lowest BCUT2D eigenvalue weighted by Gasteiger charge is -2.17. The van der Waals surface area contributed by atoms with E-state index in [2.05, 4.69) is 10.1 Å². The maximum Gasteiger partial charge on any atom is 0.413 e. The molecule has 0 fully saturated rings. The van der Waals surface area contributed by atoms with E-state index in [0.29, 0.717) is 5.02 Å². The number of amides is 2. The van der Waals surface area contributed by atoms with E-state index in [1.807, 2.05) is 30.4 Å². The van der Waals surface area contributed by atoms with Gasteiger partial charge in [-0.1, -0.05) is 29.8 Å². The predicted octanol–water partition coefficient (Wildman–Crippen LogP) is 1.24. The second kappa shape index (κ2) is 7.11. The van der Waals surface area contributed by atoms with E-state index in [1.54, 1.807) is 13.0 Å². The molecule has 1 aromatic rings. The Kier molecular flexibility index (Phi) is 5.79. The monoisotopic (exact) mass is 285 g/mol. The van der Waals surface area contributed by atoms with E-state index >= 15 is 0 Å². The summed E-state index contributed by atoms with van der Waals surface area (Å²) >= 11 is 6.09. The largest absolute Gasteiger partial charge is 0.453 e. The number of carbonyl (C=O) groups is 2. The molecule has 0 aliphatic carbocycles. The number of nitrogens with one attached hydrogen (secondary N) is 1. The third-order valence-electron chi connectivity index (χ3n) is 2.80. The molecule has 0 saturated carbocycles. The Bertz CT molecular complexity index is 465. The molecule has 0 radical (unpaired) electrons. The number of quaternary nitrogens is 1. The fourth-order valence-electron chi connectivity index (χ4n) is 1.73. The lowest BCUT2D eigenvalue weighted by atomic mass is 10.1. The number of halogens is 1. The van der Waals surface area contributed by atoms with E-state index in [-0.39, 0.29) is 6.04 Å². The van der Waals surface area contributed by atoms with Gasteiger partial charge in [0.15, 0.2) is 6.04 Å². The molecule has 0 aromatic heterocycles. The predicted molar refractivity (Wildman–Crippen MR) is 71.8 cm³/mol. The SMILES string of the molecule is COC(=O)NC(=O)[C@H](C)[NH2+][C@H](C)c1ccccc1Cl. The highest BCUT2D eigenvalue weighted by atomic mass is 35.5. The summed E-state index contributed by atoms with van der Waals surface area (Å²) in [6, 6.07) is 7.04. The number of benzene rings is 1. The zero-order chi connectivity index (χ0) is 14.4. The number of hydrogen-bond donors (Lipinski definition) is 2. The fourth-order valence-corrected chi connectivity index (χ4v) is 2.04. The van der Waals surface area contributed by atoms with Crippen LogP contribution in [-0.2, 0) is 9.53 Å². The minimum absolute atomic E-state index is 0.00657. The molecule has 1 aromatic carbocycles. The Hall–Kier alpha value is -1.59. The Labute approximate surface area is 117 Å². The third kappa shape index (κ3) is 4.54. The molecule has 0 bridgehead atoms. The van der Waals surface area contributed by atoms with Gasteiger partial charge in [0.1, 0.15) is 6.04 Å². The molecule has 3 N–H and O–H groups in total. The van der Waals surface area contributed by atoms with Crippen molar-refractivity contribution in [3.05, 3.63) is 34.9 Å². The Morgan fingerprint density at radius 3 is 2.53 bits per heavy atom. The van der Waals surface area contributed by atoms with Crippen LogP contribution >= 0.6 is 11.6 Å². The van der Waals surface area contributed by atoms with Crippen molar-refractivity contribution in [2.24, 2.45) is 0 Å². The van der Waals surface area contributed by atoms with Crippen molar-refractivity contribution in [1.82, 2.24) is 5.32 Å². The summed E-state index contributed by atoms with van der Waals surface area (Å²) in [6.45, 7) is 3.66. The van der Waals surface area contributed by atoms with Crippen LogP contribution in [0.3, 0.4) is 0 Å². The van der Waals surface area contributed by atoms with Crippen LogP contribution in [0.1, 0.15) is 25.5 Å². The summed E-state index contributed by atoms with van der Waals surface area (Å²) in [7, 11) is 1.21. The number of ether oxygens (including phenoxy) is 1. The van der Waals surface area contributed by atoms with Gasteiger partial charge in [-0.25, -0.2) is 4.79 Å². The summed E-state index contributed by atoms with van der Waals surface area (Å²) in [5, 5.41) is 4.63. The van der Waals surface area contributed by atoms with Crippen LogP contribution in [0.15, 0.2) is 24.3 Å². The van der Waals surface area contributed by atoms with Crippen LogP contribution in [0.5, 0.6) is 0 Å². The average Bonchev–Trinajstić information content (AvgIpc) is 2.38. The minimum atomic E-state index is -0.754. The van der Waals surface area contributed by atoms with Gasteiger partial charge >= 0.3 is 6.09 Å². The van der Waals surface area contributed by atoms with E-state index in [0.717, 1.165) is 5.56 Å². The molecule has 0 unspecified atom stereocenters. The van der Waals surface area contributed by atoms with Crippen LogP contribution in [0.4, 0.5) is 4.79 Å². The first kappa shape index (κ1) is 15.5. The number of rotatable bonds is 4. The van der Waals surface area contributed by atoms with Gasteiger partial charge in [0.25, 0.3) is 5.91 Å². The van der Waals surface area contributed by atoms with E-state index < -0.39 is 18.0 Å². The van der Waals surface area contributed by atoms with Crippen LogP contribution in [0, 0.1) is 0 Å². The number of methoxy groups -OCH3 is 1. The van der Waals surface area contributed by atoms with Crippen molar-refractivity contribution in [2.45, 2.75) is 25.9 Å². The molecule has 1 rings (SSSR count). The molecule has 19 heavy (non-hydrogen) atoms. The topological polar surface area (TPSA) is 72.0 Å². The third-order valence-corrected chi connectivity index (χ3v) is 3.14. The van der Waals surface area contributed by atoms with Crippen LogP contribution in [-0.4, -0.2) is 25.2 Å². The maximum absolute atomic E-state index is 11.7. The van der Waals surface area contributed by atoms with Gasteiger partial charge < -0.3 is 10.1 Å². The number of carbonyl (C=O) groups excluding carboxylic acids is 2. The van der Waals surface area contributed by atoms with Crippen molar-refractivity contribution in [3.63, 3.8) is 0 Å². The normalized spacial score (nSPS) is 13.5. The summed E-state index contributed by atoms with van der Waals surface area (Å²) in [4.78, 5) is 22.6. The quantitative estimate of drug-likeness (QED) is 0.874. The Morgan fingerprint density at radius 2 is 1.95 bits per heavy atom. The van der Waals surface area contributed by atoms with E-state index in [4.69, 9.17) is 11.6 Å². The van der Waals surface area contributed by atoms with Gasteiger partial charge in [0, 0.05) is 10.6 Å². The van der Waals surface area contributed by atoms with Crippen LogP contribution in [0.25, 0.3) is 0 Å². The van der Waals surface area contributed by atoms with Gasteiger partial charge in [0.05, 0.1) is 7.11 Å². The van der Waals surface area contributed by atoms with Gasteiger partial charge in [-0.05, 0) is 19.9 Å². The molecular weight excluding hydrogens is 268 g/mol. The summed E-state index contributed by atoms with van der Waals surface area (Å²) in [5.41, 5.74) is 0.946. The van der Waals surface area contributed by atoms with Crippen molar-refractivity contribution in [3.8, 4) is 0 Å². The first-order chi connectivity index (χ1) is 8.95. The second-order valence-corrected chi connectivity index (χ2v) is 4.68. The van der Waals surface area contributed by atoms with Crippen molar-refractivity contribution in [2.75, 3.05) is 7.11 Å². The molecule has 5 nitrogen and oxygen atoms in total. The summed E-state index contributed by atoms with van der Waals surface area (Å²) < 4.78 is 4.37. The average molecular weight is 286 g/mol.